The first kappa shape index (κ1) is 44.0. The van der Waals surface area contributed by atoms with E-state index < -0.39 is 11.9 Å². The van der Waals surface area contributed by atoms with Crippen LogP contribution in [0.2, 0.25) is 0 Å². The Morgan fingerprint density at radius 2 is 0.705 bits per heavy atom. The minimum Gasteiger partial charge on any atom is -0.481 e. The van der Waals surface area contributed by atoms with E-state index in [0.717, 1.165) is 51.4 Å². The number of aliphatic carboxylic acids is 2. The van der Waals surface area contributed by atoms with Gasteiger partial charge in [-0.25, -0.2) is 0 Å². The molecular weight excluding hydrogens is 544 g/mol. The zero-order valence-electron chi connectivity index (χ0n) is 29.1. The van der Waals surface area contributed by atoms with E-state index in [1.54, 1.807) is 0 Å². The molecule has 44 heavy (non-hydrogen) atoms. The number of carbonyl (C=O) groups is 2. The molecule has 0 amide bonds. The Kier molecular flexibility index (Phi) is 40.9. The van der Waals surface area contributed by atoms with Crippen LogP contribution in [-0.4, -0.2) is 22.2 Å². The monoisotopic (exact) mass is 617 g/mol. The Hall–Kier alpha value is -2.10. The van der Waals surface area contributed by atoms with E-state index in [1.807, 2.05) is 0 Å². The lowest BCUT2D eigenvalue weighted by molar-refractivity contribution is -0.138. The van der Waals surface area contributed by atoms with Gasteiger partial charge in [0, 0.05) is 12.8 Å². The molecule has 0 saturated carbocycles. The van der Waals surface area contributed by atoms with Gasteiger partial charge in [0.1, 0.15) is 0 Å². The first-order chi connectivity index (χ1) is 21.5. The van der Waals surface area contributed by atoms with E-state index >= 15 is 0 Å². The first-order valence-electron chi connectivity index (χ1n) is 18.6. The number of allylic oxidation sites excluding steroid dienone is 8. The highest BCUT2D eigenvalue weighted by molar-refractivity contribution is 5.66. The molecule has 0 unspecified atom stereocenters. The highest BCUT2D eigenvalue weighted by atomic mass is 16.4. The maximum absolute atomic E-state index is 10.3. The molecule has 0 radical (unpaired) electrons. The zero-order chi connectivity index (χ0) is 32.6. The zero-order valence-corrected chi connectivity index (χ0v) is 29.1. The summed E-state index contributed by atoms with van der Waals surface area (Å²) in [4.78, 5) is 20.7. The van der Waals surface area contributed by atoms with Crippen LogP contribution in [0.5, 0.6) is 0 Å². The standard InChI is InChI=1S/C20H38O2.C20H34O2/c2*1-2-3-4-5-6-7-8-9-10-11-12-13-14-15-16-17-18-19-20(21)22/h15-16H,2-14,17-19H2,1H3,(H,21,22);3-4,6-7,9-10H,2,5,8,11-19H2,1H3,(H,21,22)/b16-15-;4-3?,7-6?,10-9-. The van der Waals surface area contributed by atoms with Crippen molar-refractivity contribution in [3.8, 4) is 0 Å². The topological polar surface area (TPSA) is 74.6 Å². The fraction of sp³-hybridized carbons (Fsp3) is 0.750. The molecule has 0 bridgehead atoms. The number of carboxylic acids is 2. The third-order valence-electron chi connectivity index (χ3n) is 7.69. The molecular formula is C40H72O4. The summed E-state index contributed by atoms with van der Waals surface area (Å²) in [5.74, 6) is -1.35. The summed E-state index contributed by atoms with van der Waals surface area (Å²) < 4.78 is 0. The van der Waals surface area contributed by atoms with Crippen molar-refractivity contribution < 1.29 is 19.8 Å². The third kappa shape index (κ3) is 46.8. The number of hydrogen-bond acceptors (Lipinski definition) is 2. The second kappa shape index (κ2) is 40.9. The molecule has 0 spiro atoms. The second-order valence-electron chi connectivity index (χ2n) is 12.1. The highest BCUT2D eigenvalue weighted by Gasteiger charge is 1.97. The van der Waals surface area contributed by atoms with Crippen molar-refractivity contribution in [1.29, 1.82) is 0 Å². The Morgan fingerprint density at radius 3 is 1.14 bits per heavy atom. The normalized spacial score (nSPS) is 11.7. The van der Waals surface area contributed by atoms with Crippen LogP contribution < -0.4 is 0 Å². The van der Waals surface area contributed by atoms with E-state index in [9.17, 15) is 9.59 Å². The molecule has 0 aromatic rings. The quantitative estimate of drug-likeness (QED) is 0.0582. The van der Waals surface area contributed by atoms with Crippen LogP contribution in [0.25, 0.3) is 0 Å². The van der Waals surface area contributed by atoms with E-state index in [4.69, 9.17) is 10.2 Å². The Labute approximate surface area is 273 Å². The van der Waals surface area contributed by atoms with Crippen molar-refractivity contribution in [1.82, 2.24) is 0 Å². The molecule has 0 aliphatic carbocycles. The van der Waals surface area contributed by atoms with Gasteiger partial charge in [-0.15, -0.1) is 0 Å². The van der Waals surface area contributed by atoms with E-state index in [1.165, 1.54) is 116 Å². The van der Waals surface area contributed by atoms with E-state index in [-0.39, 0.29) is 0 Å². The maximum Gasteiger partial charge on any atom is 0.303 e. The van der Waals surface area contributed by atoms with Gasteiger partial charge in [0.25, 0.3) is 0 Å². The Bertz CT molecular complexity index is 704. The molecule has 4 heteroatoms. The number of unbranched alkanes of at least 4 members (excludes halogenated alkanes) is 20. The smallest absolute Gasteiger partial charge is 0.303 e. The molecule has 0 aromatic heterocycles. The maximum atomic E-state index is 10.3. The van der Waals surface area contributed by atoms with Crippen LogP contribution in [0, 0.1) is 0 Å². The van der Waals surface area contributed by atoms with Crippen molar-refractivity contribution >= 4 is 11.9 Å². The molecule has 0 aliphatic heterocycles. The lowest BCUT2D eigenvalue weighted by atomic mass is 10.0. The van der Waals surface area contributed by atoms with Crippen LogP contribution in [0.4, 0.5) is 0 Å². The highest BCUT2D eigenvalue weighted by Crippen LogP contribution is 2.13. The van der Waals surface area contributed by atoms with Crippen LogP contribution in [-0.2, 0) is 9.59 Å². The molecule has 0 atom stereocenters. The minimum atomic E-state index is -0.686. The van der Waals surface area contributed by atoms with Crippen molar-refractivity contribution in [3.63, 3.8) is 0 Å². The van der Waals surface area contributed by atoms with Crippen LogP contribution >= 0.6 is 0 Å². The van der Waals surface area contributed by atoms with Crippen LogP contribution in [0.3, 0.4) is 0 Å². The number of hydrogen-bond donors (Lipinski definition) is 2. The first-order valence-corrected chi connectivity index (χ1v) is 18.6. The van der Waals surface area contributed by atoms with Gasteiger partial charge in [0.05, 0.1) is 0 Å². The molecule has 2 N–H and O–H groups in total. The molecule has 0 fully saturated rings. The summed E-state index contributed by atoms with van der Waals surface area (Å²) in [5.41, 5.74) is 0. The molecule has 256 valence electrons. The van der Waals surface area contributed by atoms with Gasteiger partial charge in [-0.2, -0.15) is 0 Å². The summed E-state index contributed by atoms with van der Waals surface area (Å²) >= 11 is 0. The molecule has 0 heterocycles. The van der Waals surface area contributed by atoms with Gasteiger partial charge in [-0.1, -0.05) is 165 Å². The van der Waals surface area contributed by atoms with Gasteiger partial charge in [-0.3, -0.25) is 9.59 Å². The lowest BCUT2D eigenvalue weighted by Gasteiger charge is -2.02. The van der Waals surface area contributed by atoms with Crippen molar-refractivity contribution in [2.24, 2.45) is 0 Å². The van der Waals surface area contributed by atoms with Gasteiger partial charge >= 0.3 is 11.9 Å². The SMILES string of the molecule is CCC=CCC=CC/C=C\CCCCCCCCCC(=O)O.CCCCCCCCCCCCCC/C=C\CCCC(=O)O. The third-order valence-corrected chi connectivity index (χ3v) is 7.69. The van der Waals surface area contributed by atoms with Gasteiger partial charge in [0.15, 0.2) is 0 Å². The average molecular weight is 617 g/mol. The largest absolute Gasteiger partial charge is 0.481 e. The van der Waals surface area contributed by atoms with Crippen molar-refractivity contribution in [2.45, 2.75) is 194 Å². The number of rotatable bonds is 32. The summed E-state index contributed by atoms with van der Waals surface area (Å²) in [5, 5.41) is 17.0. The fourth-order valence-corrected chi connectivity index (χ4v) is 4.96. The van der Waals surface area contributed by atoms with Gasteiger partial charge in [0.2, 0.25) is 0 Å². The summed E-state index contributed by atoms with van der Waals surface area (Å²) in [6.45, 7) is 4.43. The van der Waals surface area contributed by atoms with Crippen molar-refractivity contribution in [2.75, 3.05) is 0 Å². The predicted octanol–water partition coefficient (Wildman–Crippen LogP) is 13.3. The molecule has 0 rings (SSSR count). The minimum absolute atomic E-state index is 0.295. The van der Waals surface area contributed by atoms with Crippen LogP contribution in [0.15, 0.2) is 48.6 Å². The summed E-state index contributed by atoms with van der Waals surface area (Å²) in [7, 11) is 0. The van der Waals surface area contributed by atoms with Crippen LogP contribution in [0.1, 0.15) is 194 Å². The molecule has 0 saturated heterocycles. The summed E-state index contributed by atoms with van der Waals surface area (Å²) in [6, 6.07) is 0. The Balaban J connectivity index is 0. The Morgan fingerprint density at radius 1 is 0.386 bits per heavy atom. The fourth-order valence-electron chi connectivity index (χ4n) is 4.96. The van der Waals surface area contributed by atoms with E-state index in [2.05, 4.69) is 62.5 Å². The average Bonchev–Trinajstić information content (AvgIpc) is 3.00. The molecule has 0 aliphatic rings. The second-order valence-corrected chi connectivity index (χ2v) is 12.1. The predicted molar refractivity (Wildman–Crippen MR) is 192 cm³/mol. The molecule has 4 nitrogen and oxygen atoms in total. The lowest BCUT2D eigenvalue weighted by Crippen LogP contribution is -1.93. The molecule has 0 aromatic carbocycles. The van der Waals surface area contributed by atoms with Gasteiger partial charge in [-0.05, 0) is 64.2 Å². The van der Waals surface area contributed by atoms with Gasteiger partial charge < -0.3 is 10.2 Å². The van der Waals surface area contributed by atoms with Crippen molar-refractivity contribution in [3.05, 3.63) is 48.6 Å². The number of carboxylic acid groups (broad SMARTS) is 2. The van der Waals surface area contributed by atoms with E-state index in [0.29, 0.717) is 12.8 Å². The summed E-state index contributed by atoms with van der Waals surface area (Å²) in [6.07, 6.45) is 50.5.